The van der Waals surface area contributed by atoms with E-state index in [0.717, 1.165) is 6.20 Å². The molecule has 0 aliphatic carbocycles. The molecule has 7 heteroatoms. The maximum absolute atomic E-state index is 13.1. The van der Waals surface area contributed by atoms with E-state index in [1.165, 1.54) is 24.3 Å². The third-order valence-electron chi connectivity index (χ3n) is 2.27. The van der Waals surface area contributed by atoms with Crippen LogP contribution < -0.4 is 5.32 Å². The van der Waals surface area contributed by atoms with E-state index in [0.29, 0.717) is 10.7 Å². The molecule has 0 saturated carbocycles. The number of aromatic carboxylic acids is 1. The molecule has 0 saturated heterocycles. The second-order valence-electron chi connectivity index (χ2n) is 3.61. The molecule has 1 heterocycles. The highest BCUT2D eigenvalue weighted by molar-refractivity contribution is 6.34. The Hall–Kier alpha value is -1.85. The zero-order chi connectivity index (χ0) is 14.0. The van der Waals surface area contributed by atoms with Gasteiger partial charge in [0.25, 0.3) is 0 Å². The van der Waals surface area contributed by atoms with Crippen molar-refractivity contribution >= 4 is 40.7 Å². The van der Waals surface area contributed by atoms with Gasteiger partial charge in [-0.15, -0.1) is 0 Å². The summed E-state index contributed by atoms with van der Waals surface area (Å²) in [7, 11) is 0. The summed E-state index contributed by atoms with van der Waals surface area (Å²) in [5.41, 5.74) is 0.250. The van der Waals surface area contributed by atoms with Gasteiger partial charge in [0, 0.05) is 6.20 Å². The van der Waals surface area contributed by atoms with Gasteiger partial charge in [-0.05, 0) is 24.3 Å². The third kappa shape index (κ3) is 3.13. The first-order chi connectivity index (χ1) is 8.97. The van der Waals surface area contributed by atoms with Gasteiger partial charge in [-0.2, -0.15) is 0 Å². The first-order valence-corrected chi connectivity index (χ1v) is 5.84. The lowest BCUT2D eigenvalue weighted by Gasteiger charge is -2.09. The molecular weight excluding hydrogens is 294 g/mol. The number of carbonyl (C=O) groups is 1. The highest BCUT2D eigenvalue weighted by Gasteiger charge is 2.10. The summed E-state index contributed by atoms with van der Waals surface area (Å²) in [6.45, 7) is 0. The van der Waals surface area contributed by atoms with Gasteiger partial charge in [0.2, 0.25) is 0 Å². The van der Waals surface area contributed by atoms with Crippen LogP contribution in [0.3, 0.4) is 0 Å². The highest BCUT2D eigenvalue weighted by atomic mass is 35.5. The SMILES string of the molecule is O=C(O)c1cnc(Nc2cc(F)ccc2Cl)c(Cl)c1. The van der Waals surface area contributed by atoms with Gasteiger partial charge in [-0.25, -0.2) is 14.2 Å². The van der Waals surface area contributed by atoms with Crippen LogP contribution in [0.25, 0.3) is 0 Å². The van der Waals surface area contributed by atoms with Crippen LogP contribution in [-0.2, 0) is 0 Å². The summed E-state index contributed by atoms with van der Waals surface area (Å²) in [6.07, 6.45) is 1.14. The van der Waals surface area contributed by atoms with Crippen LogP contribution in [0.5, 0.6) is 0 Å². The molecule has 0 unspecified atom stereocenters. The second-order valence-corrected chi connectivity index (χ2v) is 4.42. The van der Waals surface area contributed by atoms with Gasteiger partial charge in [0.1, 0.15) is 11.6 Å². The Morgan fingerprint density at radius 3 is 2.63 bits per heavy atom. The van der Waals surface area contributed by atoms with Crippen LogP contribution in [0.1, 0.15) is 10.4 Å². The van der Waals surface area contributed by atoms with Crippen molar-refractivity contribution in [2.75, 3.05) is 5.32 Å². The van der Waals surface area contributed by atoms with Crippen molar-refractivity contribution in [1.29, 1.82) is 0 Å². The van der Waals surface area contributed by atoms with Crippen LogP contribution >= 0.6 is 23.2 Å². The van der Waals surface area contributed by atoms with E-state index < -0.39 is 11.8 Å². The van der Waals surface area contributed by atoms with Gasteiger partial charge in [-0.1, -0.05) is 23.2 Å². The number of halogens is 3. The normalized spacial score (nSPS) is 10.3. The number of hydrogen-bond donors (Lipinski definition) is 2. The Morgan fingerprint density at radius 2 is 2.00 bits per heavy atom. The van der Waals surface area contributed by atoms with Gasteiger partial charge in [0.15, 0.2) is 0 Å². The van der Waals surface area contributed by atoms with Crippen LogP contribution in [-0.4, -0.2) is 16.1 Å². The minimum Gasteiger partial charge on any atom is -0.478 e. The molecule has 0 radical (unpaired) electrons. The molecule has 19 heavy (non-hydrogen) atoms. The van der Waals surface area contributed by atoms with Crippen molar-refractivity contribution in [1.82, 2.24) is 4.98 Å². The quantitative estimate of drug-likeness (QED) is 0.900. The zero-order valence-electron chi connectivity index (χ0n) is 9.32. The third-order valence-corrected chi connectivity index (χ3v) is 2.89. The van der Waals surface area contributed by atoms with Crippen LogP contribution in [0.4, 0.5) is 15.9 Å². The van der Waals surface area contributed by atoms with E-state index in [9.17, 15) is 9.18 Å². The lowest BCUT2D eigenvalue weighted by atomic mass is 10.2. The Labute approximate surface area is 117 Å². The average molecular weight is 301 g/mol. The molecule has 2 aromatic rings. The van der Waals surface area contributed by atoms with Crippen molar-refractivity contribution in [2.45, 2.75) is 0 Å². The van der Waals surface area contributed by atoms with Gasteiger partial charge in [-0.3, -0.25) is 0 Å². The van der Waals surface area contributed by atoms with Gasteiger partial charge >= 0.3 is 5.97 Å². The highest BCUT2D eigenvalue weighted by Crippen LogP contribution is 2.29. The molecular formula is C12H7Cl2FN2O2. The first kappa shape index (κ1) is 13.6. The molecule has 0 bridgehead atoms. The molecule has 2 rings (SSSR count). The molecule has 4 nitrogen and oxygen atoms in total. The van der Waals surface area contributed by atoms with Crippen molar-refractivity contribution in [3.05, 3.63) is 51.9 Å². The van der Waals surface area contributed by atoms with Crippen LogP contribution in [0.15, 0.2) is 30.5 Å². The molecule has 0 spiro atoms. The van der Waals surface area contributed by atoms with E-state index in [2.05, 4.69) is 10.3 Å². The van der Waals surface area contributed by atoms with Gasteiger partial charge < -0.3 is 10.4 Å². The van der Waals surface area contributed by atoms with Crippen LogP contribution in [0, 0.1) is 5.82 Å². The number of aromatic nitrogens is 1. The fourth-order valence-electron chi connectivity index (χ4n) is 1.37. The number of anilines is 2. The minimum atomic E-state index is -1.13. The summed E-state index contributed by atoms with van der Waals surface area (Å²) in [6, 6.07) is 5.03. The lowest BCUT2D eigenvalue weighted by Crippen LogP contribution is -2.01. The Balaban J connectivity index is 2.33. The van der Waals surface area contributed by atoms with E-state index in [-0.39, 0.29) is 16.4 Å². The molecule has 0 fully saturated rings. The maximum Gasteiger partial charge on any atom is 0.337 e. The van der Waals surface area contributed by atoms with Crippen molar-refractivity contribution in [3.8, 4) is 0 Å². The summed E-state index contributed by atoms with van der Waals surface area (Å²) in [5, 5.41) is 11.9. The Kier molecular flexibility index (Phi) is 3.87. The standard InChI is InChI=1S/C12H7Cl2FN2O2/c13-8-2-1-7(15)4-10(8)17-11-9(14)3-6(5-16-11)12(18)19/h1-5H,(H,16,17)(H,18,19). The molecule has 1 aromatic carbocycles. The van der Waals surface area contributed by atoms with E-state index in [1.807, 2.05) is 0 Å². The smallest absolute Gasteiger partial charge is 0.337 e. The summed E-state index contributed by atoms with van der Waals surface area (Å²) < 4.78 is 13.1. The number of hydrogen-bond acceptors (Lipinski definition) is 3. The van der Waals surface area contributed by atoms with E-state index in [4.69, 9.17) is 28.3 Å². The second kappa shape index (κ2) is 5.42. The largest absolute Gasteiger partial charge is 0.478 e. The molecule has 0 aliphatic heterocycles. The number of carboxylic acid groups (broad SMARTS) is 1. The fourth-order valence-corrected chi connectivity index (χ4v) is 1.75. The minimum absolute atomic E-state index is 0.0408. The van der Waals surface area contributed by atoms with Crippen molar-refractivity contribution in [2.24, 2.45) is 0 Å². The fraction of sp³-hybridized carbons (Fsp3) is 0. The number of carboxylic acids is 1. The van der Waals surface area contributed by atoms with Crippen molar-refractivity contribution in [3.63, 3.8) is 0 Å². The number of rotatable bonds is 3. The molecule has 0 aliphatic rings. The topological polar surface area (TPSA) is 62.2 Å². The monoisotopic (exact) mass is 300 g/mol. The van der Waals surface area contributed by atoms with Gasteiger partial charge in [0.05, 0.1) is 21.3 Å². The molecule has 0 atom stereocenters. The maximum atomic E-state index is 13.1. The predicted octanol–water partition coefficient (Wildman–Crippen LogP) is 3.97. The zero-order valence-corrected chi connectivity index (χ0v) is 10.8. The Morgan fingerprint density at radius 1 is 1.26 bits per heavy atom. The summed E-state index contributed by atoms with van der Waals surface area (Å²) in [5.74, 6) is -1.41. The molecule has 1 aromatic heterocycles. The predicted molar refractivity (Wildman–Crippen MR) is 70.9 cm³/mol. The number of benzene rings is 1. The molecule has 98 valence electrons. The number of nitrogens with zero attached hydrogens (tertiary/aromatic N) is 1. The van der Waals surface area contributed by atoms with Crippen LogP contribution in [0.2, 0.25) is 10.0 Å². The molecule has 2 N–H and O–H groups in total. The number of pyridine rings is 1. The average Bonchev–Trinajstić information content (AvgIpc) is 2.36. The summed E-state index contributed by atoms with van der Waals surface area (Å²) >= 11 is 11.8. The Bertz CT molecular complexity index is 650. The first-order valence-electron chi connectivity index (χ1n) is 5.08. The summed E-state index contributed by atoms with van der Waals surface area (Å²) in [4.78, 5) is 14.6. The lowest BCUT2D eigenvalue weighted by molar-refractivity contribution is 0.0696. The molecule has 0 amide bonds. The van der Waals surface area contributed by atoms with Crippen molar-refractivity contribution < 1.29 is 14.3 Å². The van der Waals surface area contributed by atoms with E-state index in [1.54, 1.807) is 0 Å². The van der Waals surface area contributed by atoms with E-state index >= 15 is 0 Å². The number of nitrogens with one attached hydrogen (secondary N) is 1.